The van der Waals surface area contributed by atoms with Gasteiger partial charge >= 0.3 is 0 Å². The van der Waals surface area contributed by atoms with E-state index in [-0.39, 0.29) is 23.6 Å². The van der Waals surface area contributed by atoms with Gasteiger partial charge in [-0.2, -0.15) is 0 Å². The number of aromatic hydroxyl groups is 1. The van der Waals surface area contributed by atoms with Gasteiger partial charge in [0.25, 0.3) is 0 Å². The largest absolute Gasteiger partial charge is 0.508 e. The van der Waals surface area contributed by atoms with Gasteiger partial charge in [0.1, 0.15) is 17.8 Å². The van der Waals surface area contributed by atoms with E-state index in [1.54, 1.807) is 24.3 Å². The summed E-state index contributed by atoms with van der Waals surface area (Å²) in [5, 5.41) is 14.8. The Kier molecular flexibility index (Phi) is 2.89. The zero-order valence-electron chi connectivity index (χ0n) is 10.4. The Bertz CT molecular complexity index is 508. The Balaban J connectivity index is 1.66. The fourth-order valence-corrected chi connectivity index (χ4v) is 2.42. The molecule has 2 aliphatic rings. The van der Waals surface area contributed by atoms with E-state index in [1.165, 1.54) is 0 Å². The first-order valence-corrected chi connectivity index (χ1v) is 6.52. The molecule has 1 saturated heterocycles. The lowest BCUT2D eigenvalue weighted by atomic mass is 10.0. The van der Waals surface area contributed by atoms with Gasteiger partial charge < -0.3 is 15.7 Å². The number of piperazine rings is 1. The smallest absolute Gasteiger partial charge is 0.243 e. The van der Waals surface area contributed by atoms with Crippen LogP contribution in [0.4, 0.5) is 0 Å². The Hall–Kier alpha value is -2.04. The first-order valence-electron chi connectivity index (χ1n) is 6.52. The minimum Gasteiger partial charge on any atom is -0.508 e. The summed E-state index contributed by atoms with van der Waals surface area (Å²) in [6, 6.07) is 5.79. The van der Waals surface area contributed by atoms with Crippen molar-refractivity contribution in [2.45, 2.75) is 31.3 Å². The Morgan fingerprint density at radius 3 is 2.37 bits per heavy atom. The number of hydrogen-bond acceptors (Lipinski definition) is 3. The number of benzene rings is 1. The van der Waals surface area contributed by atoms with Gasteiger partial charge in [-0.1, -0.05) is 12.1 Å². The van der Waals surface area contributed by atoms with E-state index in [0.717, 1.165) is 18.4 Å². The molecule has 1 saturated carbocycles. The lowest BCUT2D eigenvalue weighted by Gasteiger charge is -2.29. The van der Waals surface area contributed by atoms with Crippen molar-refractivity contribution in [2.24, 2.45) is 5.92 Å². The summed E-state index contributed by atoms with van der Waals surface area (Å²) in [6.07, 6.45) is 2.47. The van der Waals surface area contributed by atoms with E-state index in [1.807, 2.05) is 0 Å². The fraction of sp³-hybridized carbons (Fsp3) is 0.429. The molecule has 2 atom stereocenters. The molecule has 1 aromatic carbocycles. The molecule has 3 N–H and O–H groups in total. The van der Waals surface area contributed by atoms with Crippen molar-refractivity contribution in [2.75, 3.05) is 0 Å². The SMILES string of the molecule is O=C1N[C@@H](C2CC2)C(=O)N[C@H]1Cc1ccc(O)cc1. The summed E-state index contributed by atoms with van der Waals surface area (Å²) >= 11 is 0. The molecule has 2 amide bonds. The molecule has 1 aliphatic heterocycles. The molecule has 5 heteroatoms. The Labute approximate surface area is 111 Å². The number of amides is 2. The molecule has 1 heterocycles. The maximum Gasteiger partial charge on any atom is 0.243 e. The summed E-state index contributed by atoms with van der Waals surface area (Å²) < 4.78 is 0. The first kappa shape index (κ1) is 12.0. The highest BCUT2D eigenvalue weighted by Gasteiger charge is 2.42. The van der Waals surface area contributed by atoms with Gasteiger partial charge in [0.2, 0.25) is 11.8 Å². The van der Waals surface area contributed by atoms with Crippen molar-refractivity contribution >= 4 is 11.8 Å². The molecule has 0 radical (unpaired) electrons. The summed E-state index contributed by atoms with van der Waals surface area (Å²) in [6.45, 7) is 0. The van der Waals surface area contributed by atoms with Crippen LogP contribution in [0, 0.1) is 5.92 Å². The number of carbonyl (C=O) groups is 2. The van der Waals surface area contributed by atoms with Crippen LogP contribution >= 0.6 is 0 Å². The molecular formula is C14H16N2O3. The summed E-state index contributed by atoms with van der Waals surface area (Å²) in [4.78, 5) is 23.9. The number of hydrogen-bond donors (Lipinski definition) is 3. The highest BCUT2D eigenvalue weighted by atomic mass is 16.3. The van der Waals surface area contributed by atoms with Crippen molar-refractivity contribution < 1.29 is 14.7 Å². The Morgan fingerprint density at radius 2 is 1.74 bits per heavy atom. The molecule has 100 valence electrons. The van der Waals surface area contributed by atoms with Crippen molar-refractivity contribution in [1.29, 1.82) is 0 Å². The second kappa shape index (κ2) is 4.57. The second-order valence-corrected chi connectivity index (χ2v) is 5.26. The third-order valence-corrected chi connectivity index (χ3v) is 3.68. The van der Waals surface area contributed by atoms with E-state index in [4.69, 9.17) is 0 Å². The zero-order valence-corrected chi connectivity index (χ0v) is 10.4. The highest BCUT2D eigenvalue weighted by molar-refractivity contribution is 5.97. The normalized spacial score (nSPS) is 26.7. The van der Waals surface area contributed by atoms with Crippen LogP contribution in [0.25, 0.3) is 0 Å². The second-order valence-electron chi connectivity index (χ2n) is 5.26. The zero-order chi connectivity index (χ0) is 13.4. The van der Waals surface area contributed by atoms with Gasteiger partial charge in [0.05, 0.1) is 0 Å². The lowest BCUT2D eigenvalue weighted by molar-refractivity contribution is -0.137. The lowest BCUT2D eigenvalue weighted by Crippen LogP contribution is -2.63. The number of rotatable bonds is 3. The standard InChI is InChI=1S/C14H16N2O3/c17-10-5-1-8(2-6-10)7-11-13(18)16-12(9-3-4-9)14(19)15-11/h1-2,5-6,9,11-12,17H,3-4,7H2,(H,15,19)(H,16,18)/t11-,12-/m0/s1. The van der Waals surface area contributed by atoms with Crippen LogP contribution < -0.4 is 10.6 Å². The molecule has 1 aromatic rings. The van der Waals surface area contributed by atoms with Gasteiger partial charge in [-0.25, -0.2) is 0 Å². The van der Waals surface area contributed by atoms with Crippen LogP contribution in [0.2, 0.25) is 0 Å². The molecule has 0 spiro atoms. The molecular weight excluding hydrogens is 244 g/mol. The van der Waals surface area contributed by atoms with Gasteiger partial charge in [0.15, 0.2) is 0 Å². The summed E-state index contributed by atoms with van der Waals surface area (Å²) in [5.41, 5.74) is 0.906. The molecule has 5 nitrogen and oxygen atoms in total. The predicted molar refractivity (Wildman–Crippen MR) is 68.4 cm³/mol. The minimum atomic E-state index is -0.521. The molecule has 0 unspecified atom stereocenters. The molecule has 2 fully saturated rings. The molecule has 19 heavy (non-hydrogen) atoms. The van der Waals surface area contributed by atoms with Crippen molar-refractivity contribution in [3.05, 3.63) is 29.8 Å². The maximum absolute atomic E-state index is 12.0. The predicted octanol–water partition coefficient (Wildman–Crippen LogP) is 0.328. The van der Waals surface area contributed by atoms with Crippen LogP contribution in [0.1, 0.15) is 18.4 Å². The van der Waals surface area contributed by atoms with Crippen molar-refractivity contribution in [3.8, 4) is 5.75 Å². The molecule has 3 rings (SSSR count). The van der Waals surface area contributed by atoms with Crippen LogP contribution in [-0.2, 0) is 16.0 Å². The van der Waals surface area contributed by atoms with Gasteiger partial charge in [-0.05, 0) is 36.5 Å². The van der Waals surface area contributed by atoms with Crippen LogP contribution in [0.3, 0.4) is 0 Å². The van der Waals surface area contributed by atoms with E-state index >= 15 is 0 Å². The minimum absolute atomic E-state index is 0.0779. The third kappa shape index (κ3) is 2.54. The van der Waals surface area contributed by atoms with Gasteiger partial charge in [0, 0.05) is 6.42 Å². The van der Waals surface area contributed by atoms with E-state index in [9.17, 15) is 14.7 Å². The maximum atomic E-state index is 12.0. The highest BCUT2D eigenvalue weighted by Crippen LogP contribution is 2.33. The van der Waals surface area contributed by atoms with E-state index in [0.29, 0.717) is 12.3 Å². The van der Waals surface area contributed by atoms with Crippen molar-refractivity contribution in [3.63, 3.8) is 0 Å². The first-order chi connectivity index (χ1) is 9.13. The van der Waals surface area contributed by atoms with E-state index < -0.39 is 6.04 Å². The van der Waals surface area contributed by atoms with Crippen molar-refractivity contribution in [1.82, 2.24) is 10.6 Å². The number of nitrogens with one attached hydrogen (secondary N) is 2. The quantitative estimate of drug-likeness (QED) is 0.732. The molecule has 1 aliphatic carbocycles. The van der Waals surface area contributed by atoms with Gasteiger partial charge in [-0.15, -0.1) is 0 Å². The monoisotopic (exact) mass is 260 g/mol. The summed E-state index contributed by atoms with van der Waals surface area (Å²) in [5.74, 6) is 0.309. The Morgan fingerprint density at radius 1 is 1.05 bits per heavy atom. The average Bonchev–Trinajstić information content (AvgIpc) is 3.20. The van der Waals surface area contributed by atoms with Crippen LogP contribution in [-0.4, -0.2) is 29.0 Å². The molecule has 0 aromatic heterocycles. The fourth-order valence-electron chi connectivity index (χ4n) is 2.42. The van der Waals surface area contributed by atoms with Gasteiger partial charge in [-0.3, -0.25) is 9.59 Å². The number of carbonyl (C=O) groups excluding carboxylic acids is 2. The average molecular weight is 260 g/mol. The van der Waals surface area contributed by atoms with Crippen LogP contribution in [0.15, 0.2) is 24.3 Å². The van der Waals surface area contributed by atoms with E-state index in [2.05, 4.69) is 10.6 Å². The number of phenols is 1. The number of phenolic OH excluding ortho intramolecular Hbond substituents is 1. The summed E-state index contributed by atoms with van der Waals surface area (Å²) in [7, 11) is 0. The topological polar surface area (TPSA) is 78.4 Å². The molecule has 0 bridgehead atoms. The van der Waals surface area contributed by atoms with Crippen LogP contribution in [0.5, 0.6) is 5.75 Å². The third-order valence-electron chi connectivity index (χ3n) is 3.68.